The molecular formula is C11H11N3O3. The minimum Gasteiger partial charge on any atom is -0.495 e. The molecular weight excluding hydrogens is 222 g/mol. The van der Waals surface area contributed by atoms with Gasteiger partial charge in [-0.05, 0) is 0 Å². The van der Waals surface area contributed by atoms with Crippen LogP contribution in [0.3, 0.4) is 0 Å². The van der Waals surface area contributed by atoms with Crippen molar-refractivity contribution in [3.05, 3.63) is 36.4 Å². The van der Waals surface area contributed by atoms with Crippen LogP contribution in [0.5, 0.6) is 5.75 Å². The van der Waals surface area contributed by atoms with Gasteiger partial charge in [0, 0.05) is 12.3 Å². The highest BCUT2D eigenvalue weighted by molar-refractivity contribution is 5.88. The summed E-state index contributed by atoms with van der Waals surface area (Å²) in [6.07, 6.45) is 6.22. The fraction of sp³-hybridized carbons (Fsp3) is 0.182. The van der Waals surface area contributed by atoms with Gasteiger partial charge in [-0.1, -0.05) is 0 Å². The van der Waals surface area contributed by atoms with Gasteiger partial charge in [0.2, 0.25) is 0 Å². The third kappa shape index (κ3) is 2.25. The molecule has 0 saturated carbocycles. The highest BCUT2D eigenvalue weighted by atomic mass is 16.5. The van der Waals surface area contributed by atoms with Gasteiger partial charge in [0.05, 0.1) is 44.1 Å². The third-order valence-electron chi connectivity index (χ3n) is 2.20. The molecule has 2 aromatic heterocycles. The molecule has 17 heavy (non-hydrogen) atoms. The number of pyridine rings is 1. The van der Waals surface area contributed by atoms with Gasteiger partial charge >= 0.3 is 5.97 Å². The summed E-state index contributed by atoms with van der Waals surface area (Å²) in [7, 11) is 2.89. The first kappa shape index (κ1) is 11.1. The van der Waals surface area contributed by atoms with Crippen LogP contribution in [-0.2, 0) is 4.74 Å². The van der Waals surface area contributed by atoms with Crippen molar-refractivity contribution < 1.29 is 14.3 Å². The molecule has 0 fully saturated rings. The van der Waals surface area contributed by atoms with Crippen LogP contribution in [0.1, 0.15) is 10.4 Å². The average molecular weight is 233 g/mol. The summed E-state index contributed by atoms with van der Waals surface area (Å²) >= 11 is 0. The molecule has 0 unspecified atom stereocenters. The Morgan fingerprint density at radius 3 is 2.82 bits per heavy atom. The minimum absolute atomic E-state index is 0.385. The van der Waals surface area contributed by atoms with Gasteiger partial charge in [-0.15, -0.1) is 0 Å². The SMILES string of the molecule is COC(=O)c1cnn(-c2cncc(OC)c2)c1. The van der Waals surface area contributed by atoms with E-state index in [1.165, 1.54) is 18.0 Å². The molecule has 0 aliphatic rings. The second kappa shape index (κ2) is 4.65. The number of hydrogen-bond acceptors (Lipinski definition) is 5. The van der Waals surface area contributed by atoms with Crippen molar-refractivity contribution in [1.82, 2.24) is 14.8 Å². The highest BCUT2D eigenvalue weighted by Crippen LogP contribution is 2.14. The molecule has 0 spiro atoms. The Labute approximate surface area is 97.8 Å². The van der Waals surface area contributed by atoms with Crippen LogP contribution >= 0.6 is 0 Å². The lowest BCUT2D eigenvalue weighted by atomic mass is 10.3. The largest absolute Gasteiger partial charge is 0.495 e. The summed E-state index contributed by atoms with van der Waals surface area (Å²) in [6.45, 7) is 0. The van der Waals surface area contributed by atoms with E-state index in [4.69, 9.17) is 4.74 Å². The Kier molecular flexibility index (Phi) is 3.04. The van der Waals surface area contributed by atoms with E-state index >= 15 is 0 Å². The topological polar surface area (TPSA) is 66.2 Å². The maximum Gasteiger partial charge on any atom is 0.341 e. The van der Waals surface area contributed by atoms with E-state index in [9.17, 15) is 4.79 Å². The lowest BCUT2D eigenvalue weighted by Gasteiger charge is -2.02. The molecule has 0 aliphatic carbocycles. The van der Waals surface area contributed by atoms with E-state index < -0.39 is 5.97 Å². The zero-order valence-electron chi connectivity index (χ0n) is 9.45. The fourth-order valence-electron chi connectivity index (χ4n) is 1.33. The van der Waals surface area contributed by atoms with Crippen LogP contribution in [0.25, 0.3) is 5.69 Å². The lowest BCUT2D eigenvalue weighted by molar-refractivity contribution is 0.0600. The minimum atomic E-state index is -0.424. The van der Waals surface area contributed by atoms with E-state index in [0.29, 0.717) is 17.0 Å². The maximum absolute atomic E-state index is 11.3. The fourth-order valence-corrected chi connectivity index (χ4v) is 1.33. The molecule has 0 radical (unpaired) electrons. The van der Waals surface area contributed by atoms with Gasteiger partial charge in [-0.3, -0.25) is 4.98 Å². The molecule has 2 aromatic rings. The molecule has 0 N–H and O–H groups in total. The zero-order chi connectivity index (χ0) is 12.3. The number of methoxy groups -OCH3 is 2. The van der Waals surface area contributed by atoms with Gasteiger partial charge in [0.1, 0.15) is 5.75 Å². The number of rotatable bonds is 3. The maximum atomic E-state index is 11.3. The van der Waals surface area contributed by atoms with E-state index in [2.05, 4.69) is 14.8 Å². The van der Waals surface area contributed by atoms with E-state index in [1.54, 1.807) is 31.8 Å². The number of carbonyl (C=O) groups excluding carboxylic acids is 1. The Morgan fingerprint density at radius 2 is 2.12 bits per heavy atom. The second-order valence-corrected chi connectivity index (χ2v) is 3.25. The first-order valence-corrected chi connectivity index (χ1v) is 4.87. The van der Waals surface area contributed by atoms with Crippen molar-refractivity contribution in [3.8, 4) is 11.4 Å². The van der Waals surface area contributed by atoms with Crippen LogP contribution in [-0.4, -0.2) is 35.0 Å². The quantitative estimate of drug-likeness (QED) is 0.741. The van der Waals surface area contributed by atoms with Gasteiger partial charge in [0.15, 0.2) is 0 Å². The third-order valence-corrected chi connectivity index (χ3v) is 2.20. The zero-order valence-corrected chi connectivity index (χ0v) is 9.45. The average Bonchev–Trinajstić information content (AvgIpc) is 2.87. The molecule has 2 heterocycles. The lowest BCUT2D eigenvalue weighted by Crippen LogP contribution is -1.99. The first-order chi connectivity index (χ1) is 8.24. The number of hydrogen-bond donors (Lipinski definition) is 0. The number of nitrogens with zero attached hydrogens (tertiary/aromatic N) is 3. The van der Waals surface area contributed by atoms with Gasteiger partial charge in [-0.25, -0.2) is 9.48 Å². The summed E-state index contributed by atoms with van der Waals surface area (Å²) in [4.78, 5) is 15.3. The molecule has 6 nitrogen and oxygen atoms in total. The monoisotopic (exact) mass is 233 g/mol. The number of carbonyl (C=O) groups is 1. The molecule has 2 rings (SSSR count). The molecule has 0 amide bonds. The van der Waals surface area contributed by atoms with E-state index in [0.717, 1.165) is 0 Å². The molecule has 0 bridgehead atoms. The highest BCUT2D eigenvalue weighted by Gasteiger charge is 2.09. The van der Waals surface area contributed by atoms with E-state index in [1.807, 2.05) is 0 Å². The van der Waals surface area contributed by atoms with Crippen molar-refractivity contribution in [2.24, 2.45) is 0 Å². The van der Waals surface area contributed by atoms with Crippen LogP contribution in [0.15, 0.2) is 30.9 Å². The number of ether oxygens (including phenoxy) is 2. The number of aromatic nitrogens is 3. The predicted octanol–water partition coefficient (Wildman–Crippen LogP) is 1.06. The summed E-state index contributed by atoms with van der Waals surface area (Å²) in [5.41, 5.74) is 1.09. The summed E-state index contributed by atoms with van der Waals surface area (Å²) in [5, 5.41) is 4.05. The van der Waals surface area contributed by atoms with E-state index in [-0.39, 0.29) is 0 Å². The predicted molar refractivity (Wildman–Crippen MR) is 59.3 cm³/mol. The number of esters is 1. The van der Waals surface area contributed by atoms with Gasteiger partial charge < -0.3 is 9.47 Å². The Hall–Kier alpha value is -2.37. The summed E-state index contributed by atoms with van der Waals surface area (Å²) < 4.78 is 11.2. The van der Waals surface area contributed by atoms with Crippen LogP contribution in [0.4, 0.5) is 0 Å². The van der Waals surface area contributed by atoms with Gasteiger partial charge in [0.25, 0.3) is 0 Å². The Morgan fingerprint density at radius 1 is 1.29 bits per heavy atom. The molecule has 6 heteroatoms. The van der Waals surface area contributed by atoms with Crippen molar-refractivity contribution in [3.63, 3.8) is 0 Å². The molecule has 0 atom stereocenters. The van der Waals surface area contributed by atoms with Crippen molar-refractivity contribution >= 4 is 5.97 Å². The Balaban J connectivity index is 2.33. The van der Waals surface area contributed by atoms with Crippen molar-refractivity contribution in [1.29, 1.82) is 0 Å². The molecule has 0 saturated heterocycles. The van der Waals surface area contributed by atoms with Crippen molar-refractivity contribution in [2.75, 3.05) is 14.2 Å². The molecule has 88 valence electrons. The van der Waals surface area contributed by atoms with Crippen LogP contribution in [0, 0.1) is 0 Å². The second-order valence-electron chi connectivity index (χ2n) is 3.25. The first-order valence-electron chi connectivity index (χ1n) is 4.87. The van der Waals surface area contributed by atoms with Gasteiger partial charge in [-0.2, -0.15) is 5.10 Å². The molecule has 0 aliphatic heterocycles. The summed E-state index contributed by atoms with van der Waals surface area (Å²) in [6, 6.07) is 1.76. The smallest absolute Gasteiger partial charge is 0.341 e. The molecule has 0 aromatic carbocycles. The van der Waals surface area contributed by atoms with Crippen LogP contribution in [0.2, 0.25) is 0 Å². The standard InChI is InChI=1S/C11H11N3O3/c1-16-10-3-9(5-12-6-10)14-7-8(4-13-14)11(15)17-2/h3-7H,1-2H3. The van der Waals surface area contributed by atoms with Crippen LogP contribution < -0.4 is 4.74 Å². The van der Waals surface area contributed by atoms with Crippen molar-refractivity contribution in [2.45, 2.75) is 0 Å². The summed E-state index contributed by atoms with van der Waals surface area (Å²) in [5.74, 6) is 0.199. The Bertz CT molecular complexity index is 536. The normalized spacial score (nSPS) is 10.0.